The van der Waals surface area contributed by atoms with Crippen LogP contribution in [0.2, 0.25) is 0 Å². The lowest BCUT2D eigenvalue weighted by Gasteiger charge is -2.18. The first-order valence-corrected chi connectivity index (χ1v) is 14.3. The highest BCUT2D eigenvalue weighted by Crippen LogP contribution is 2.45. The average Bonchev–Trinajstić information content (AvgIpc) is 3.62. The Hall–Kier alpha value is -5.92. The number of benzene rings is 8. The number of para-hydroxylation sites is 1. The van der Waals surface area contributed by atoms with Gasteiger partial charge in [0.05, 0.1) is 19.2 Å². The van der Waals surface area contributed by atoms with Gasteiger partial charge in [0, 0.05) is 16.3 Å². The van der Waals surface area contributed by atoms with Gasteiger partial charge in [-0.15, -0.1) is 0 Å². The predicted molar refractivity (Wildman–Crippen MR) is 190 cm³/mol. The molecule has 0 N–H and O–H groups in total. The zero-order chi connectivity index (χ0) is 41.9. The van der Waals surface area contributed by atoms with Gasteiger partial charge >= 0.3 is 0 Å². The largest absolute Gasteiger partial charge is 0.455 e. The Morgan fingerprint density at radius 2 is 0.956 bits per heavy atom. The lowest BCUT2D eigenvalue weighted by Crippen LogP contribution is -1.91. The van der Waals surface area contributed by atoms with Crippen molar-refractivity contribution in [2.75, 3.05) is 0 Å². The van der Waals surface area contributed by atoms with Crippen LogP contribution in [0, 0.1) is 0 Å². The third-order valence-corrected chi connectivity index (χ3v) is 8.11. The van der Waals surface area contributed by atoms with Gasteiger partial charge < -0.3 is 4.42 Å². The first-order valence-electron chi connectivity index (χ1n) is 21.3. The lowest BCUT2D eigenvalue weighted by molar-refractivity contribution is 0.670. The Labute approximate surface area is 281 Å². The Balaban J connectivity index is 1.33. The summed E-state index contributed by atoms with van der Waals surface area (Å²) in [4.78, 5) is 0. The van der Waals surface area contributed by atoms with Crippen molar-refractivity contribution in [2.24, 2.45) is 0 Å². The molecule has 0 atom stereocenters. The zero-order valence-electron chi connectivity index (χ0n) is 37.5. The summed E-state index contributed by atoms with van der Waals surface area (Å²) in [6, 6.07) is 18.5. The van der Waals surface area contributed by atoms with Gasteiger partial charge in [-0.05, 0) is 78.7 Å². The number of hydrogen-bond donors (Lipinski definition) is 0. The second-order valence-corrected chi connectivity index (χ2v) is 10.6. The summed E-state index contributed by atoms with van der Waals surface area (Å²) < 4.78 is 127. The third-order valence-electron chi connectivity index (χ3n) is 8.11. The highest BCUT2D eigenvalue weighted by Gasteiger charge is 2.19. The molecule has 1 heteroatoms. The van der Waals surface area contributed by atoms with Gasteiger partial charge in [-0.3, -0.25) is 0 Å². The average molecular weight is 587 g/mol. The van der Waals surface area contributed by atoms with Crippen LogP contribution in [-0.4, -0.2) is 0 Å². The molecule has 9 aromatic rings. The van der Waals surface area contributed by atoms with Crippen LogP contribution in [0.1, 0.15) is 19.2 Å². The minimum atomic E-state index is -0.644. The molecule has 0 saturated carbocycles. The van der Waals surface area contributed by atoms with E-state index < -0.39 is 72.5 Å². The summed E-state index contributed by atoms with van der Waals surface area (Å²) in [5.41, 5.74) is 2.38. The van der Waals surface area contributed by atoms with Crippen molar-refractivity contribution in [3.8, 4) is 44.5 Å². The van der Waals surface area contributed by atoms with Gasteiger partial charge in [0.2, 0.25) is 0 Å². The van der Waals surface area contributed by atoms with E-state index in [1.807, 2.05) is 60.7 Å². The van der Waals surface area contributed by atoms with Gasteiger partial charge in [-0.1, -0.05) is 151 Å². The second kappa shape index (κ2) is 10.4. The molecule has 1 aromatic heterocycles. The van der Waals surface area contributed by atoms with E-state index in [2.05, 4.69) is 0 Å². The molecule has 0 spiro atoms. The van der Waals surface area contributed by atoms with Crippen LogP contribution in [0.25, 0.3) is 88.0 Å². The van der Waals surface area contributed by atoms with Crippen molar-refractivity contribution in [3.05, 3.63) is 170 Å². The van der Waals surface area contributed by atoms with E-state index in [0.29, 0.717) is 49.2 Å². The summed E-state index contributed by atoms with van der Waals surface area (Å²) in [6.07, 6.45) is 0. The molecule has 45 heavy (non-hydrogen) atoms. The molecule has 0 aliphatic heterocycles. The quantitative estimate of drug-likeness (QED) is 0.187. The molecule has 0 fully saturated rings. The molecule has 0 aliphatic rings. The molecular weight excluding hydrogens is 544 g/mol. The molecule has 0 unspecified atom stereocenters. The van der Waals surface area contributed by atoms with E-state index in [4.69, 9.17) is 22.2 Å². The first kappa shape index (κ1) is 15.2. The summed E-state index contributed by atoms with van der Waals surface area (Å²) in [7, 11) is 0. The minimum Gasteiger partial charge on any atom is -0.455 e. The highest BCUT2D eigenvalue weighted by molar-refractivity contribution is 6.22. The summed E-state index contributed by atoms with van der Waals surface area (Å²) in [6.45, 7) is 0. The zero-order valence-corrected chi connectivity index (χ0v) is 23.5. The maximum atomic E-state index is 9.51. The van der Waals surface area contributed by atoms with Crippen LogP contribution in [0.5, 0.6) is 0 Å². The fourth-order valence-corrected chi connectivity index (χ4v) is 6.21. The van der Waals surface area contributed by atoms with Crippen molar-refractivity contribution in [2.45, 2.75) is 0 Å². The molecule has 9 rings (SSSR count). The second-order valence-electron chi connectivity index (χ2n) is 10.6. The minimum absolute atomic E-state index is 0.0278. The van der Waals surface area contributed by atoms with Gasteiger partial charge in [0.15, 0.2) is 0 Å². The van der Waals surface area contributed by atoms with Crippen LogP contribution in [0.15, 0.2) is 174 Å². The maximum absolute atomic E-state index is 9.51. The van der Waals surface area contributed by atoms with E-state index in [1.54, 1.807) is 24.3 Å². The topological polar surface area (TPSA) is 13.1 Å². The fraction of sp³-hybridized carbons (Fsp3) is 0. The SMILES string of the molecule is [2H]c1c([2H])c([2H])c(-c2c([2H])c([2H])c([2H])c(-c3c4ccccc4c(-c4ccc5c(c4)oc4c(-c6c([2H])c([2H])c([2H])c([2H])c6[2H])cccc45)c4ccccc34)c2[2H])c([2H])c1[2H]. The number of fused-ring (bicyclic) bond motifs is 5. The third kappa shape index (κ3) is 4.17. The molecule has 1 nitrogen and oxygen atoms in total. The molecule has 0 aliphatic carbocycles. The Kier molecular flexibility index (Phi) is 3.50. The van der Waals surface area contributed by atoms with Gasteiger partial charge in [0.1, 0.15) is 11.2 Å². The van der Waals surface area contributed by atoms with Crippen LogP contribution in [0.3, 0.4) is 0 Å². The molecular formula is C44H28O. The molecule has 0 bridgehead atoms. The van der Waals surface area contributed by atoms with Crippen LogP contribution >= 0.6 is 0 Å². The number of hydrogen-bond acceptors (Lipinski definition) is 1. The molecule has 0 saturated heterocycles. The molecule has 8 aromatic carbocycles. The molecule has 0 radical (unpaired) electrons. The number of furan rings is 1. The molecule has 0 amide bonds. The summed E-state index contributed by atoms with van der Waals surface area (Å²) >= 11 is 0. The number of rotatable bonds is 4. The Bertz CT molecular complexity index is 3220. The van der Waals surface area contributed by atoms with Gasteiger partial charge in [-0.25, -0.2) is 0 Å². The van der Waals surface area contributed by atoms with E-state index in [1.165, 1.54) is 0 Å². The van der Waals surface area contributed by atoms with Crippen molar-refractivity contribution < 1.29 is 23.6 Å². The smallest absolute Gasteiger partial charge is 0.143 e. The van der Waals surface area contributed by atoms with Crippen molar-refractivity contribution in [1.82, 2.24) is 0 Å². The summed E-state index contributed by atoms with van der Waals surface area (Å²) in [5, 5.41) is 4.04. The molecule has 210 valence electrons. The normalized spacial score (nSPS) is 15.9. The first-order chi connectivity index (χ1) is 28.1. The van der Waals surface area contributed by atoms with Crippen molar-refractivity contribution in [3.63, 3.8) is 0 Å². The van der Waals surface area contributed by atoms with Gasteiger partial charge in [-0.2, -0.15) is 0 Å². The van der Waals surface area contributed by atoms with Crippen LogP contribution in [0.4, 0.5) is 0 Å². The van der Waals surface area contributed by atoms with Crippen molar-refractivity contribution in [1.29, 1.82) is 0 Å². The monoisotopic (exact) mass is 586 g/mol. The molecule has 1 heterocycles. The Morgan fingerprint density at radius 3 is 1.62 bits per heavy atom. The van der Waals surface area contributed by atoms with Gasteiger partial charge in [0.25, 0.3) is 0 Å². The highest BCUT2D eigenvalue weighted by atomic mass is 16.3. The maximum Gasteiger partial charge on any atom is 0.143 e. The predicted octanol–water partition coefficient (Wildman–Crippen LogP) is 12.6. The van der Waals surface area contributed by atoms with E-state index in [0.717, 1.165) is 16.5 Å². The Morgan fingerprint density at radius 1 is 0.400 bits per heavy atom. The lowest BCUT2D eigenvalue weighted by atomic mass is 9.85. The van der Waals surface area contributed by atoms with E-state index in [-0.39, 0.29) is 34.3 Å². The van der Waals surface area contributed by atoms with Crippen LogP contribution < -0.4 is 0 Å². The van der Waals surface area contributed by atoms with Crippen molar-refractivity contribution >= 4 is 43.5 Å². The standard InChI is InChI=1S/C44H28O/c1-3-13-29(14-4-1)31-17-11-18-32(27-31)42-36-19-7-9-21-38(36)43(39-22-10-8-20-37(39)42)33-25-26-35-40-24-12-23-34(30-15-5-2-6-16-30)44(40)45-41(35)28-33/h1-28H/i1D,2D,3D,4D,5D,6D,11D,13D,14D,15D,16D,17D,18D,27D. The van der Waals surface area contributed by atoms with Crippen LogP contribution in [-0.2, 0) is 0 Å². The summed E-state index contributed by atoms with van der Waals surface area (Å²) in [5.74, 6) is 0. The van der Waals surface area contributed by atoms with E-state index in [9.17, 15) is 1.37 Å². The fourth-order valence-electron chi connectivity index (χ4n) is 6.21. The van der Waals surface area contributed by atoms with E-state index >= 15 is 0 Å².